The van der Waals surface area contributed by atoms with Gasteiger partial charge in [-0.1, -0.05) is 6.07 Å². The number of nitrogens with zero attached hydrogens (tertiary/aromatic N) is 5. The van der Waals surface area contributed by atoms with Gasteiger partial charge in [-0.3, -0.25) is 9.88 Å². The number of anilines is 1. The Morgan fingerprint density at radius 1 is 0.841 bits per heavy atom. The molecule has 11 nitrogen and oxygen atoms in total. The number of carboxylic acid groups (broad SMARTS) is 3. The molecular weight excluding hydrogens is 625 g/mol. The maximum absolute atomic E-state index is 10.6. The molecule has 2 fully saturated rings. The van der Waals surface area contributed by atoms with Crippen molar-refractivity contribution in [1.29, 1.82) is 5.26 Å². The minimum atomic E-state index is -5.08. The van der Waals surface area contributed by atoms with Crippen LogP contribution >= 0.6 is 0 Å². The van der Waals surface area contributed by atoms with Gasteiger partial charge < -0.3 is 20.2 Å². The number of rotatable bonds is 3. The van der Waals surface area contributed by atoms with E-state index in [1.54, 1.807) is 6.20 Å². The molecule has 0 aromatic carbocycles. The predicted molar refractivity (Wildman–Crippen MR) is 129 cm³/mol. The van der Waals surface area contributed by atoms with Crippen molar-refractivity contribution in [3.63, 3.8) is 0 Å². The number of halogens is 9. The molecule has 0 amide bonds. The molecule has 0 atom stereocenters. The van der Waals surface area contributed by atoms with Gasteiger partial charge in [0.05, 0.1) is 5.56 Å². The highest BCUT2D eigenvalue weighted by Gasteiger charge is 2.48. The summed E-state index contributed by atoms with van der Waals surface area (Å²) >= 11 is 0. The molecule has 2 saturated heterocycles. The molecule has 0 saturated carbocycles. The second kappa shape index (κ2) is 15.2. The van der Waals surface area contributed by atoms with E-state index in [4.69, 9.17) is 35.0 Å². The summed E-state index contributed by atoms with van der Waals surface area (Å²) in [5.74, 6) is -7.28. The number of aliphatic carboxylic acids is 3. The van der Waals surface area contributed by atoms with Crippen LogP contribution in [0.5, 0.6) is 0 Å². The second-order valence-corrected chi connectivity index (χ2v) is 9.10. The summed E-state index contributed by atoms with van der Waals surface area (Å²) in [6, 6.07) is 10.1. The van der Waals surface area contributed by atoms with E-state index in [2.05, 4.69) is 31.9 Å². The van der Waals surface area contributed by atoms with E-state index in [0.717, 1.165) is 38.5 Å². The van der Waals surface area contributed by atoms with Gasteiger partial charge in [-0.05, 0) is 36.7 Å². The van der Waals surface area contributed by atoms with Gasteiger partial charge in [0.2, 0.25) is 0 Å². The molecule has 44 heavy (non-hydrogen) atoms. The predicted octanol–water partition coefficient (Wildman–Crippen LogP) is 3.96. The van der Waals surface area contributed by atoms with Crippen LogP contribution in [0.15, 0.2) is 42.9 Å². The van der Waals surface area contributed by atoms with Crippen LogP contribution in [0.4, 0.5) is 45.3 Å². The fourth-order valence-corrected chi connectivity index (χ4v) is 3.74. The summed E-state index contributed by atoms with van der Waals surface area (Å²) in [7, 11) is 0. The van der Waals surface area contributed by atoms with Crippen molar-refractivity contribution >= 4 is 23.7 Å². The number of pyridine rings is 2. The molecule has 2 aromatic heterocycles. The maximum atomic E-state index is 10.6. The van der Waals surface area contributed by atoms with E-state index in [9.17, 15) is 39.5 Å². The number of nitriles is 1. The largest absolute Gasteiger partial charge is 0.490 e. The third kappa shape index (κ3) is 12.7. The van der Waals surface area contributed by atoms with Gasteiger partial charge >= 0.3 is 36.4 Å². The number of hydrogen-bond donors (Lipinski definition) is 3. The quantitative estimate of drug-likeness (QED) is 0.413. The van der Waals surface area contributed by atoms with Crippen molar-refractivity contribution in [2.45, 2.75) is 31.5 Å². The molecule has 4 rings (SSSR count). The zero-order valence-corrected chi connectivity index (χ0v) is 22.0. The van der Waals surface area contributed by atoms with Crippen molar-refractivity contribution in [3.05, 3.63) is 54.0 Å². The summed E-state index contributed by atoms with van der Waals surface area (Å²) in [5, 5.41) is 30.2. The van der Waals surface area contributed by atoms with Gasteiger partial charge in [0.25, 0.3) is 0 Å². The van der Waals surface area contributed by atoms with Crippen LogP contribution in [0.25, 0.3) is 0 Å². The Kier molecular flexibility index (Phi) is 12.9. The normalized spacial score (nSPS) is 15.6. The first-order valence-corrected chi connectivity index (χ1v) is 11.7. The Labute approximate surface area is 241 Å². The zero-order chi connectivity index (χ0) is 33.9. The Morgan fingerprint density at radius 3 is 1.70 bits per heavy atom. The Hall–Kier alpha value is -4.67. The van der Waals surface area contributed by atoms with Crippen LogP contribution in [0.1, 0.15) is 17.5 Å². The third-order valence-electron chi connectivity index (χ3n) is 5.63. The van der Waals surface area contributed by atoms with Gasteiger partial charge in [-0.2, -0.15) is 44.8 Å². The molecule has 0 aliphatic carbocycles. The zero-order valence-electron chi connectivity index (χ0n) is 22.0. The highest BCUT2D eigenvalue weighted by atomic mass is 19.4. The van der Waals surface area contributed by atoms with Crippen LogP contribution in [0.3, 0.4) is 0 Å². The lowest BCUT2D eigenvalue weighted by Gasteiger charge is -2.48. The second-order valence-electron chi connectivity index (χ2n) is 9.10. The SMILES string of the molecule is N#Cc1ccc(N2CC3(CCN(Cc4cccnc4)C3)C2)nc1.O=C(O)C(F)(F)F.O=C(O)C(F)(F)F.O=C(O)C(F)(F)F. The smallest absolute Gasteiger partial charge is 0.475 e. The molecule has 2 aliphatic rings. The van der Waals surface area contributed by atoms with Gasteiger partial charge in [0.15, 0.2) is 0 Å². The molecule has 2 aliphatic heterocycles. The molecule has 0 radical (unpaired) electrons. The summed E-state index contributed by atoms with van der Waals surface area (Å²) in [5.41, 5.74) is 2.32. The number of likely N-dealkylation sites (tertiary alicyclic amines) is 1. The Bertz CT molecular complexity index is 1230. The van der Waals surface area contributed by atoms with E-state index >= 15 is 0 Å². The standard InChI is InChI=1S/C18H19N5.3C2HF3O2/c19-8-15-3-4-17(21-10-15)23-13-18(14-23)5-7-22(12-18)11-16-2-1-6-20-9-16;3*3-2(4,5)1(6)7/h1-4,6,9-10H,5,7,11-14H2;3*(H,6,7). The van der Waals surface area contributed by atoms with Crippen LogP contribution in [-0.2, 0) is 20.9 Å². The molecule has 20 heteroatoms. The van der Waals surface area contributed by atoms with Crippen LogP contribution < -0.4 is 4.90 Å². The number of aromatic nitrogens is 2. The first kappa shape index (κ1) is 37.4. The minimum Gasteiger partial charge on any atom is -0.475 e. The summed E-state index contributed by atoms with van der Waals surface area (Å²) in [6.45, 7) is 5.42. The topological polar surface area (TPSA) is 168 Å². The average molecular weight is 647 g/mol. The van der Waals surface area contributed by atoms with E-state index in [0.29, 0.717) is 11.0 Å². The highest BCUT2D eigenvalue weighted by Crippen LogP contribution is 2.41. The summed E-state index contributed by atoms with van der Waals surface area (Å²) in [6.07, 6.45) is -8.56. The Morgan fingerprint density at radius 2 is 1.34 bits per heavy atom. The maximum Gasteiger partial charge on any atom is 0.490 e. The molecule has 242 valence electrons. The summed E-state index contributed by atoms with van der Waals surface area (Å²) in [4.78, 5) is 40.1. The van der Waals surface area contributed by atoms with Crippen molar-refractivity contribution in [2.75, 3.05) is 31.1 Å². The molecule has 0 unspecified atom stereocenters. The molecule has 0 bridgehead atoms. The number of hydrogen-bond acceptors (Lipinski definition) is 8. The highest BCUT2D eigenvalue weighted by molar-refractivity contribution is 5.73. The van der Waals surface area contributed by atoms with Crippen LogP contribution in [-0.4, -0.2) is 92.8 Å². The van der Waals surface area contributed by atoms with Crippen molar-refractivity contribution in [2.24, 2.45) is 5.41 Å². The third-order valence-corrected chi connectivity index (χ3v) is 5.63. The van der Waals surface area contributed by atoms with Crippen molar-refractivity contribution in [1.82, 2.24) is 14.9 Å². The molecule has 1 spiro atoms. The molecule has 3 N–H and O–H groups in total. The first-order chi connectivity index (χ1) is 20.1. The van der Waals surface area contributed by atoms with Gasteiger partial charge in [-0.15, -0.1) is 0 Å². The van der Waals surface area contributed by atoms with Gasteiger partial charge in [0, 0.05) is 50.2 Å². The summed E-state index contributed by atoms with van der Waals surface area (Å²) < 4.78 is 95.2. The van der Waals surface area contributed by atoms with Crippen LogP contribution in [0, 0.1) is 16.7 Å². The molecule has 2 aromatic rings. The van der Waals surface area contributed by atoms with Crippen LogP contribution in [0.2, 0.25) is 0 Å². The first-order valence-electron chi connectivity index (χ1n) is 11.7. The fraction of sp³-hybridized carbons (Fsp3) is 0.417. The van der Waals surface area contributed by atoms with E-state index in [1.165, 1.54) is 12.0 Å². The lowest BCUT2D eigenvalue weighted by atomic mass is 9.79. The Balaban J connectivity index is 0.000000379. The van der Waals surface area contributed by atoms with E-state index in [1.807, 2.05) is 30.6 Å². The van der Waals surface area contributed by atoms with Crippen molar-refractivity contribution in [3.8, 4) is 6.07 Å². The van der Waals surface area contributed by atoms with Gasteiger partial charge in [0.1, 0.15) is 11.9 Å². The number of carboxylic acids is 3. The van der Waals surface area contributed by atoms with E-state index < -0.39 is 36.4 Å². The van der Waals surface area contributed by atoms with Crippen molar-refractivity contribution < 1.29 is 69.2 Å². The van der Waals surface area contributed by atoms with Gasteiger partial charge in [-0.25, -0.2) is 19.4 Å². The fourth-order valence-electron chi connectivity index (χ4n) is 3.74. The molecule has 4 heterocycles. The lowest BCUT2D eigenvalue weighted by molar-refractivity contribution is -0.193. The number of alkyl halides is 9. The van der Waals surface area contributed by atoms with E-state index in [-0.39, 0.29) is 0 Å². The number of carbonyl (C=O) groups is 3. The monoisotopic (exact) mass is 647 g/mol. The minimum absolute atomic E-state index is 0.414. The lowest BCUT2D eigenvalue weighted by Crippen LogP contribution is -2.58. The average Bonchev–Trinajstić information content (AvgIpc) is 3.32. The molecular formula is C24H22F9N5O6.